The lowest BCUT2D eigenvalue weighted by molar-refractivity contribution is -0.126. The van der Waals surface area contributed by atoms with Gasteiger partial charge in [-0.1, -0.05) is 18.2 Å². The Labute approximate surface area is 99.8 Å². The second-order valence-corrected chi connectivity index (χ2v) is 3.46. The van der Waals surface area contributed by atoms with Crippen molar-refractivity contribution in [3.63, 3.8) is 0 Å². The van der Waals surface area contributed by atoms with Gasteiger partial charge in [0.1, 0.15) is 0 Å². The lowest BCUT2D eigenvalue weighted by Gasteiger charge is -2.27. The fraction of sp³-hybridized carbons (Fsp3) is 0.273. The minimum absolute atomic E-state index is 0. The largest absolute Gasteiger partial charge is 0.322 e. The standard InChI is InChI=1S/C11H12N2O2.ClH/c12-7-11(15)13-9-4-2-1-3-8(9)5-6-10(13)14;/h1-4H,5-7,12H2;1H. The van der Waals surface area contributed by atoms with Crippen molar-refractivity contribution in [1.82, 2.24) is 0 Å². The molecule has 1 aliphatic rings. The molecule has 0 bridgehead atoms. The van der Waals surface area contributed by atoms with Gasteiger partial charge in [0.05, 0.1) is 12.2 Å². The first kappa shape index (κ1) is 12.7. The summed E-state index contributed by atoms with van der Waals surface area (Å²) in [7, 11) is 0. The quantitative estimate of drug-likeness (QED) is 0.792. The highest BCUT2D eigenvalue weighted by molar-refractivity contribution is 6.16. The second kappa shape index (κ2) is 5.09. The van der Waals surface area contributed by atoms with Crippen molar-refractivity contribution in [1.29, 1.82) is 0 Å². The van der Waals surface area contributed by atoms with Gasteiger partial charge >= 0.3 is 0 Å². The molecule has 4 nitrogen and oxygen atoms in total. The smallest absolute Gasteiger partial charge is 0.247 e. The summed E-state index contributed by atoms with van der Waals surface area (Å²) in [5.74, 6) is -0.503. The summed E-state index contributed by atoms with van der Waals surface area (Å²) in [6, 6.07) is 7.42. The van der Waals surface area contributed by atoms with E-state index in [0.29, 0.717) is 18.5 Å². The third-order valence-electron chi connectivity index (χ3n) is 2.51. The van der Waals surface area contributed by atoms with Crippen molar-refractivity contribution >= 4 is 29.9 Å². The maximum absolute atomic E-state index is 11.6. The number of para-hydroxylation sites is 1. The predicted molar refractivity (Wildman–Crippen MR) is 63.6 cm³/mol. The van der Waals surface area contributed by atoms with E-state index in [4.69, 9.17) is 5.73 Å². The first-order valence-corrected chi connectivity index (χ1v) is 4.88. The Bertz CT molecular complexity index is 420. The number of nitrogens with zero attached hydrogens (tertiary/aromatic N) is 1. The van der Waals surface area contributed by atoms with E-state index in [0.717, 1.165) is 5.56 Å². The lowest BCUT2D eigenvalue weighted by Crippen LogP contribution is -2.43. The normalized spacial score (nSPS) is 14.1. The molecule has 2 rings (SSSR count). The summed E-state index contributed by atoms with van der Waals surface area (Å²) in [5.41, 5.74) is 6.99. The van der Waals surface area contributed by atoms with Crippen LogP contribution in [0.1, 0.15) is 12.0 Å². The molecule has 1 aromatic carbocycles. The average molecular weight is 241 g/mol. The molecule has 86 valence electrons. The summed E-state index contributed by atoms with van der Waals surface area (Å²) in [4.78, 5) is 24.3. The first-order valence-electron chi connectivity index (χ1n) is 4.88. The van der Waals surface area contributed by atoms with E-state index < -0.39 is 0 Å². The van der Waals surface area contributed by atoms with Crippen LogP contribution in [0.15, 0.2) is 24.3 Å². The highest BCUT2D eigenvalue weighted by Crippen LogP contribution is 2.27. The van der Waals surface area contributed by atoms with Crippen LogP contribution < -0.4 is 10.6 Å². The van der Waals surface area contributed by atoms with Crippen LogP contribution >= 0.6 is 12.4 Å². The Morgan fingerprint density at radius 3 is 2.69 bits per heavy atom. The van der Waals surface area contributed by atoms with Gasteiger partial charge in [-0.05, 0) is 18.1 Å². The van der Waals surface area contributed by atoms with Crippen molar-refractivity contribution in [2.24, 2.45) is 5.73 Å². The third kappa shape index (κ3) is 2.08. The number of hydrogen-bond donors (Lipinski definition) is 1. The maximum Gasteiger partial charge on any atom is 0.247 e. The summed E-state index contributed by atoms with van der Waals surface area (Å²) in [5, 5.41) is 0. The molecule has 0 atom stereocenters. The SMILES string of the molecule is Cl.NCC(=O)N1C(=O)CCc2ccccc21. The minimum Gasteiger partial charge on any atom is -0.322 e. The molecule has 2 amide bonds. The molecular formula is C11H13ClN2O2. The zero-order chi connectivity index (χ0) is 10.8. The molecule has 0 spiro atoms. The fourth-order valence-electron chi connectivity index (χ4n) is 1.79. The molecule has 0 unspecified atom stereocenters. The summed E-state index contributed by atoms with van der Waals surface area (Å²) < 4.78 is 0. The van der Waals surface area contributed by atoms with E-state index in [-0.39, 0.29) is 30.8 Å². The average Bonchev–Trinajstić information content (AvgIpc) is 2.28. The maximum atomic E-state index is 11.6. The lowest BCUT2D eigenvalue weighted by atomic mass is 10.0. The molecule has 1 aromatic rings. The Balaban J connectivity index is 0.00000128. The number of halogens is 1. The number of fused-ring (bicyclic) bond motifs is 1. The van der Waals surface area contributed by atoms with Gasteiger partial charge in [0.2, 0.25) is 11.8 Å². The molecule has 1 aliphatic heterocycles. The van der Waals surface area contributed by atoms with Gasteiger partial charge in [0, 0.05) is 6.42 Å². The van der Waals surface area contributed by atoms with Crippen LogP contribution in [0.5, 0.6) is 0 Å². The van der Waals surface area contributed by atoms with Crippen LogP contribution in [-0.2, 0) is 16.0 Å². The molecule has 0 radical (unpaired) electrons. The third-order valence-corrected chi connectivity index (χ3v) is 2.51. The predicted octanol–water partition coefficient (Wildman–Crippen LogP) is 0.873. The van der Waals surface area contributed by atoms with Gasteiger partial charge < -0.3 is 5.73 Å². The zero-order valence-corrected chi connectivity index (χ0v) is 9.50. The van der Waals surface area contributed by atoms with E-state index in [2.05, 4.69) is 0 Å². The summed E-state index contributed by atoms with van der Waals surface area (Å²) in [6.45, 7) is -0.139. The molecule has 0 aliphatic carbocycles. The van der Waals surface area contributed by atoms with E-state index in [1.165, 1.54) is 4.90 Å². The summed E-state index contributed by atoms with van der Waals surface area (Å²) >= 11 is 0. The van der Waals surface area contributed by atoms with Gasteiger partial charge in [-0.2, -0.15) is 0 Å². The molecule has 0 fully saturated rings. The first-order chi connectivity index (χ1) is 7.24. The number of nitrogens with two attached hydrogens (primary N) is 1. The zero-order valence-electron chi connectivity index (χ0n) is 8.68. The molecule has 1 heterocycles. The van der Waals surface area contributed by atoms with Crippen LogP contribution in [0.4, 0.5) is 5.69 Å². The number of amides is 2. The van der Waals surface area contributed by atoms with Crippen LogP contribution in [-0.4, -0.2) is 18.4 Å². The second-order valence-electron chi connectivity index (χ2n) is 3.46. The molecule has 16 heavy (non-hydrogen) atoms. The number of hydrogen-bond acceptors (Lipinski definition) is 3. The van der Waals surface area contributed by atoms with Crippen LogP contribution in [0.25, 0.3) is 0 Å². The van der Waals surface area contributed by atoms with Gasteiger partial charge in [0.25, 0.3) is 0 Å². The van der Waals surface area contributed by atoms with Gasteiger partial charge in [-0.15, -0.1) is 12.4 Å². The highest BCUT2D eigenvalue weighted by Gasteiger charge is 2.27. The Hall–Kier alpha value is -1.39. The van der Waals surface area contributed by atoms with Gasteiger partial charge in [-0.3, -0.25) is 9.59 Å². The van der Waals surface area contributed by atoms with E-state index in [1.807, 2.05) is 18.2 Å². The Morgan fingerprint density at radius 1 is 1.31 bits per heavy atom. The molecule has 5 heteroatoms. The van der Waals surface area contributed by atoms with Crippen molar-refractivity contribution < 1.29 is 9.59 Å². The van der Waals surface area contributed by atoms with E-state index >= 15 is 0 Å². The molecule has 0 aromatic heterocycles. The molecule has 0 saturated heterocycles. The Kier molecular flexibility index (Phi) is 4.04. The van der Waals surface area contributed by atoms with E-state index in [9.17, 15) is 9.59 Å². The monoisotopic (exact) mass is 240 g/mol. The fourth-order valence-corrected chi connectivity index (χ4v) is 1.79. The topological polar surface area (TPSA) is 63.4 Å². The molecule has 2 N–H and O–H groups in total. The van der Waals surface area contributed by atoms with E-state index in [1.54, 1.807) is 6.07 Å². The number of rotatable bonds is 1. The van der Waals surface area contributed by atoms with Crippen molar-refractivity contribution in [2.75, 3.05) is 11.4 Å². The van der Waals surface area contributed by atoms with Crippen molar-refractivity contribution in [3.05, 3.63) is 29.8 Å². The van der Waals surface area contributed by atoms with Crippen LogP contribution in [0.3, 0.4) is 0 Å². The van der Waals surface area contributed by atoms with Crippen molar-refractivity contribution in [3.8, 4) is 0 Å². The van der Waals surface area contributed by atoms with Crippen LogP contribution in [0, 0.1) is 0 Å². The Morgan fingerprint density at radius 2 is 2.00 bits per heavy atom. The number of benzene rings is 1. The molecular weight excluding hydrogens is 228 g/mol. The number of carbonyl (C=O) groups is 2. The number of anilines is 1. The number of carbonyl (C=O) groups excluding carboxylic acids is 2. The van der Waals surface area contributed by atoms with Gasteiger partial charge in [0.15, 0.2) is 0 Å². The van der Waals surface area contributed by atoms with Crippen molar-refractivity contribution in [2.45, 2.75) is 12.8 Å². The minimum atomic E-state index is -0.341. The van der Waals surface area contributed by atoms with Gasteiger partial charge in [-0.25, -0.2) is 4.90 Å². The van der Waals surface area contributed by atoms with Crippen LogP contribution in [0.2, 0.25) is 0 Å². The number of aryl methyl sites for hydroxylation is 1. The summed E-state index contributed by atoms with van der Waals surface area (Å²) in [6.07, 6.45) is 1.08. The molecule has 0 saturated carbocycles. The number of imide groups is 1. The highest BCUT2D eigenvalue weighted by atomic mass is 35.5.